The maximum Gasteiger partial charge on any atom is 0.308 e. The molecule has 138 valence electrons. The van der Waals surface area contributed by atoms with Gasteiger partial charge in [-0.05, 0) is 49.8 Å². The fourth-order valence-electron chi connectivity index (χ4n) is 3.51. The van der Waals surface area contributed by atoms with Gasteiger partial charge in [-0.25, -0.2) is 0 Å². The summed E-state index contributed by atoms with van der Waals surface area (Å²) in [6.07, 6.45) is 5.85. The molecule has 1 aromatic carbocycles. The van der Waals surface area contributed by atoms with Crippen LogP contribution in [0.2, 0.25) is 0 Å². The first kappa shape index (κ1) is 19.3. The molecule has 25 heavy (non-hydrogen) atoms. The van der Waals surface area contributed by atoms with Crippen LogP contribution in [0.3, 0.4) is 0 Å². The van der Waals surface area contributed by atoms with Crippen LogP contribution in [-0.2, 0) is 20.9 Å². The molecule has 1 saturated carbocycles. The molecule has 0 saturated heterocycles. The van der Waals surface area contributed by atoms with E-state index in [2.05, 4.69) is 0 Å². The summed E-state index contributed by atoms with van der Waals surface area (Å²) >= 11 is 0. The predicted molar refractivity (Wildman–Crippen MR) is 96.2 cm³/mol. The zero-order chi connectivity index (χ0) is 18.1. The smallest absolute Gasteiger partial charge is 0.308 e. The standard InChI is InChI=1S/C20H29NO4/c1-3-25-20(23)18-6-4-5-16(13-18)11-12-21(15-22)14-17-7-9-19(24-2)10-8-17/h7-10,15-16,18H,3-6,11-14H2,1-2H3. The highest BCUT2D eigenvalue weighted by atomic mass is 16.5. The zero-order valence-electron chi connectivity index (χ0n) is 15.3. The number of amides is 1. The van der Waals surface area contributed by atoms with Crippen LogP contribution in [0.25, 0.3) is 0 Å². The molecule has 0 heterocycles. The highest BCUT2D eigenvalue weighted by Gasteiger charge is 2.28. The van der Waals surface area contributed by atoms with Crippen LogP contribution in [0.1, 0.15) is 44.6 Å². The van der Waals surface area contributed by atoms with E-state index in [-0.39, 0.29) is 11.9 Å². The summed E-state index contributed by atoms with van der Waals surface area (Å²) in [5.41, 5.74) is 1.08. The molecular weight excluding hydrogens is 318 g/mol. The minimum atomic E-state index is -0.0577. The minimum Gasteiger partial charge on any atom is -0.497 e. The molecule has 2 unspecified atom stereocenters. The van der Waals surface area contributed by atoms with Gasteiger partial charge in [-0.15, -0.1) is 0 Å². The number of ether oxygens (including phenoxy) is 2. The van der Waals surface area contributed by atoms with Crippen molar-refractivity contribution < 1.29 is 19.1 Å². The Bertz CT molecular complexity index is 543. The van der Waals surface area contributed by atoms with Crippen LogP contribution in [-0.4, -0.2) is 37.5 Å². The van der Waals surface area contributed by atoms with Crippen molar-refractivity contribution in [2.24, 2.45) is 11.8 Å². The Morgan fingerprint density at radius 1 is 1.28 bits per heavy atom. The number of hydrogen-bond acceptors (Lipinski definition) is 4. The van der Waals surface area contributed by atoms with Gasteiger partial charge in [0.05, 0.1) is 19.6 Å². The van der Waals surface area contributed by atoms with Crippen molar-refractivity contribution in [2.45, 2.75) is 45.6 Å². The van der Waals surface area contributed by atoms with E-state index in [9.17, 15) is 9.59 Å². The normalized spacial score (nSPS) is 19.9. The number of hydrogen-bond donors (Lipinski definition) is 0. The first-order chi connectivity index (χ1) is 12.2. The lowest BCUT2D eigenvalue weighted by Gasteiger charge is -2.29. The SMILES string of the molecule is CCOC(=O)C1CCCC(CCN(C=O)Cc2ccc(OC)cc2)C1. The van der Waals surface area contributed by atoms with Gasteiger partial charge in [-0.3, -0.25) is 9.59 Å². The molecule has 5 heteroatoms. The molecular formula is C20H29NO4. The van der Waals surface area contributed by atoms with Gasteiger partial charge in [0.25, 0.3) is 0 Å². The van der Waals surface area contributed by atoms with Crippen molar-refractivity contribution >= 4 is 12.4 Å². The number of rotatable bonds is 9. The maximum absolute atomic E-state index is 11.9. The molecule has 5 nitrogen and oxygen atoms in total. The first-order valence-corrected chi connectivity index (χ1v) is 9.15. The largest absolute Gasteiger partial charge is 0.497 e. The fraction of sp³-hybridized carbons (Fsp3) is 0.600. The highest BCUT2D eigenvalue weighted by Crippen LogP contribution is 2.32. The van der Waals surface area contributed by atoms with Crippen LogP contribution in [0.15, 0.2) is 24.3 Å². The maximum atomic E-state index is 11.9. The molecule has 0 N–H and O–H groups in total. The Balaban J connectivity index is 1.80. The number of carbonyl (C=O) groups is 2. The van der Waals surface area contributed by atoms with Gasteiger partial charge in [-0.1, -0.05) is 25.0 Å². The Morgan fingerprint density at radius 3 is 2.68 bits per heavy atom. The van der Waals surface area contributed by atoms with Crippen LogP contribution in [0, 0.1) is 11.8 Å². The predicted octanol–water partition coefficient (Wildman–Crippen LogP) is 3.41. The Hall–Kier alpha value is -2.04. The summed E-state index contributed by atoms with van der Waals surface area (Å²) in [6, 6.07) is 7.77. The Morgan fingerprint density at radius 2 is 2.04 bits per heavy atom. The van der Waals surface area contributed by atoms with E-state index >= 15 is 0 Å². The van der Waals surface area contributed by atoms with Gasteiger partial charge in [0.2, 0.25) is 6.41 Å². The summed E-state index contributed by atoms with van der Waals surface area (Å²) in [7, 11) is 1.64. The molecule has 1 aliphatic rings. The molecule has 2 atom stereocenters. The van der Waals surface area contributed by atoms with Crippen molar-refractivity contribution in [3.63, 3.8) is 0 Å². The third-order valence-corrected chi connectivity index (χ3v) is 4.92. The van der Waals surface area contributed by atoms with Crippen molar-refractivity contribution in [1.82, 2.24) is 4.90 Å². The Labute approximate surface area is 150 Å². The van der Waals surface area contributed by atoms with Gasteiger partial charge >= 0.3 is 5.97 Å². The summed E-state index contributed by atoms with van der Waals surface area (Å²) in [4.78, 5) is 25.1. The summed E-state index contributed by atoms with van der Waals surface area (Å²) in [6.45, 7) is 3.61. The first-order valence-electron chi connectivity index (χ1n) is 9.15. The number of methoxy groups -OCH3 is 1. The van der Waals surface area contributed by atoms with Gasteiger partial charge in [0.1, 0.15) is 5.75 Å². The van der Waals surface area contributed by atoms with Crippen molar-refractivity contribution in [3.05, 3.63) is 29.8 Å². The lowest BCUT2D eigenvalue weighted by molar-refractivity contribution is -0.149. The molecule has 0 radical (unpaired) electrons. The Kier molecular flexibility index (Phi) is 7.76. The van der Waals surface area contributed by atoms with Gasteiger partial charge < -0.3 is 14.4 Å². The van der Waals surface area contributed by atoms with Crippen molar-refractivity contribution in [3.8, 4) is 5.75 Å². The van der Waals surface area contributed by atoms with Gasteiger partial charge in [0.15, 0.2) is 0 Å². The van der Waals surface area contributed by atoms with Crippen LogP contribution in [0.5, 0.6) is 5.75 Å². The molecule has 1 fully saturated rings. The second-order valence-corrected chi connectivity index (χ2v) is 6.69. The summed E-state index contributed by atoms with van der Waals surface area (Å²) in [5.74, 6) is 1.28. The number of carbonyl (C=O) groups excluding carboxylic acids is 2. The molecule has 0 aliphatic heterocycles. The van der Waals surface area contributed by atoms with Crippen molar-refractivity contribution in [1.29, 1.82) is 0 Å². The van der Waals surface area contributed by atoms with Gasteiger partial charge in [0, 0.05) is 13.1 Å². The van der Waals surface area contributed by atoms with E-state index in [0.717, 1.165) is 56.4 Å². The van der Waals surface area contributed by atoms with Crippen LogP contribution < -0.4 is 4.74 Å². The van der Waals surface area contributed by atoms with Gasteiger partial charge in [-0.2, -0.15) is 0 Å². The monoisotopic (exact) mass is 347 g/mol. The van der Waals surface area contributed by atoms with E-state index in [1.165, 1.54) is 0 Å². The minimum absolute atomic E-state index is 0.0324. The summed E-state index contributed by atoms with van der Waals surface area (Å²) < 4.78 is 10.3. The molecule has 0 spiro atoms. The topological polar surface area (TPSA) is 55.8 Å². The average Bonchev–Trinajstić information content (AvgIpc) is 2.66. The second kappa shape index (κ2) is 10.1. The van der Waals surface area contributed by atoms with Crippen LogP contribution in [0.4, 0.5) is 0 Å². The summed E-state index contributed by atoms with van der Waals surface area (Å²) in [5, 5.41) is 0. The third-order valence-electron chi connectivity index (χ3n) is 4.92. The molecule has 0 aromatic heterocycles. The fourth-order valence-corrected chi connectivity index (χ4v) is 3.51. The van der Waals surface area contributed by atoms with Crippen LogP contribution >= 0.6 is 0 Å². The van der Waals surface area contributed by atoms with E-state index in [1.54, 1.807) is 12.0 Å². The lowest BCUT2D eigenvalue weighted by Crippen LogP contribution is -2.28. The van der Waals surface area contributed by atoms with Crippen molar-refractivity contribution in [2.75, 3.05) is 20.3 Å². The number of benzene rings is 1. The molecule has 1 aromatic rings. The molecule has 2 rings (SSSR count). The lowest BCUT2D eigenvalue weighted by atomic mass is 9.80. The highest BCUT2D eigenvalue weighted by molar-refractivity contribution is 5.72. The number of nitrogens with zero attached hydrogens (tertiary/aromatic N) is 1. The quantitative estimate of drug-likeness (QED) is 0.507. The average molecular weight is 347 g/mol. The molecule has 1 aliphatic carbocycles. The molecule has 1 amide bonds. The van der Waals surface area contributed by atoms with E-state index in [1.807, 2.05) is 31.2 Å². The van der Waals surface area contributed by atoms with E-state index in [4.69, 9.17) is 9.47 Å². The van der Waals surface area contributed by atoms with E-state index < -0.39 is 0 Å². The number of esters is 1. The second-order valence-electron chi connectivity index (χ2n) is 6.69. The zero-order valence-corrected chi connectivity index (χ0v) is 15.3. The third kappa shape index (κ3) is 6.07. The molecule has 0 bridgehead atoms. The van der Waals surface area contributed by atoms with E-state index in [0.29, 0.717) is 19.1 Å².